The molecule has 0 amide bonds. The maximum Gasteiger partial charge on any atom is 0.204 e. The maximum absolute atomic E-state index is 4.85. The molecule has 6 heavy (non-hydrogen) atoms. The first-order chi connectivity index (χ1) is 2.27. The fourth-order valence-electron chi connectivity index (χ4n) is 0. The molecule has 0 bridgehead atoms. The fraction of sp³-hybridized carbons (Fsp3) is 1.00. The van der Waals surface area contributed by atoms with E-state index < -0.39 is 0 Å². The summed E-state index contributed by atoms with van der Waals surface area (Å²) < 4.78 is 4.85. The van der Waals surface area contributed by atoms with Crippen molar-refractivity contribution in [3.8, 4) is 0 Å². The van der Waals surface area contributed by atoms with Crippen LogP contribution in [0.2, 0.25) is 13.1 Å². The predicted octanol–water partition coefficient (Wildman–Crippen LogP) is 0.884. The molecule has 0 atom stereocenters. The SMILES string of the molecule is CO[Si](C)C.[Rf]. The molecule has 0 aromatic heterocycles. The van der Waals surface area contributed by atoms with E-state index in [1.807, 2.05) is 0 Å². The third kappa shape index (κ3) is 10.9. The van der Waals surface area contributed by atoms with Crippen LogP contribution < -0.4 is 0 Å². The van der Waals surface area contributed by atoms with Crippen LogP contribution in [-0.2, 0) is 4.43 Å². The van der Waals surface area contributed by atoms with Crippen molar-refractivity contribution >= 4 is 9.04 Å². The monoisotopic (exact) mass is 356 g/mol. The Labute approximate surface area is 34.7 Å². The second-order valence-electron chi connectivity index (χ2n) is 1.11. The first-order valence-corrected chi connectivity index (χ1v) is 4.02. The zero-order chi connectivity index (χ0) is 4.28. The molecular formula is C3H9ORfSi. The smallest absolute Gasteiger partial charge is 0.204 e. The van der Waals surface area contributed by atoms with Crippen LogP contribution >= 0.6 is 0 Å². The molecule has 0 saturated carbocycles. The molecule has 0 fully saturated rings. The molecule has 0 heterocycles. The summed E-state index contributed by atoms with van der Waals surface area (Å²) in [6.07, 6.45) is 0. The molecule has 0 unspecified atom stereocenters. The first-order valence-electron chi connectivity index (χ1n) is 1.61. The van der Waals surface area contributed by atoms with Gasteiger partial charge in [-0.15, -0.1) is 0 Å². The van der Waals surface area contributed by atoms with Gasteiger partial charge in [-0.25, -0.2) is 0 Å². The third-order valence-electron chi connectivity index (χ3n) is 0.408. The Morgan fingerprint density at radius 2 is 1.50 bits per heavy atom. The van der Waals surface area contributed by atoms with Crippen LogP contribution in [0.4, 0.5) is 0 Å². The zero-order valence-electron chi connectivity index (χ0n) is 4.62. The van der Waals surface area contributed by atoms with Gasteiger partial charge in [-0.1, -0.05) is 0 Å². The summed E-state index contributed by atoms with van der Waals surface area (Å²) in [6, 6.07) is 0. The minimum atomic E-state index is -0.374. The Morgan fingerprint density at radius 1 is 1.33 bits per heavy atom. The topological polar surface area (TPSA) is 9.23 Å². The molecule has 0 saturated heterocycles. The molecule has 33 valence electrons. The summed E-state index contributed by atoms with van der Waals surface area (Å²) in [5.41, 5.74) is 0. The maximum atomic E-state index is 4.85. The first kappa shape index (κ1) is 8.95. The van der Waals surface area contributed by atoms with Gasteiger partial charge in [-0.3, -0.25) is 0 Å². The van der Waals surface area contributed by atoms with Gasteiger partial charge < -0.3 is 4.43 Å². The van der Waals surface area contributed by atoms with Gasteiger partial charge in [0.1, 0.15) is 0 Å². The molecule has 1 radical (unpaired) electrons. The fourth-order valence-corrected chi connectivity index (χ4v) is 0. The second kappa shape index (κ2) is 4.18. The van der Waals surface area contributed by atoms with Crippen molar-refractivity contribution in [1.82, 2.24) is 0 Å². The van der Waals surface area contributed by atoms with E-state index >= 15 is 0 Å². The Kier molecular flexibility index (Phi) is 6.23. The van der Waals surface area contributed by atoms with Gasteiger partial charge in [-0.2, -0.15) is 0 Å². The van der Waals surface area contributed by atoms with E-state index in [1.165, 1.54) is 0 Å². The average molecular weight is 356 g/mol. The van der Waals surface area contributed by atoms with E-state index in [9.17, 15) is 0 Å². The van der Waals surface area contributed by atoms with Crippen LogP contribution in [-0.4, -0.2) is 16.2 Å². The molecule has 0 aliphatic carbocycles. The second-order valence-corrected chi connectivity index (χ2v) is 3.34. The van der Waals surface area contributed by atoms with Crippen LogP contribution in [0.25, 0.3) is 0 Å². The molecule has 1 nitrogen and oxygen atoms in total. The van der Waals surface area contributed by atoms with Crippen molar-refractivity contribution < 1.29 is 4.43 Å². The Balaban J connectivity index is 0. The molecule has 0 aromatic rings. The molecule has 0 aliphatic rings. The van der Waals surface area contributed by atoms with E-state index in [0.717, 1.165) is 0 Å². The van der Waals surface area contributed by atoms with E-state index in [0.29, 0.717) is 0 Å². The Hall–Kier alpha value is -0.823. The van der Waals surface area contributed by atoms with E-state index in [2.05, 4.69) is 13.1 Å². The molecule has 0 spiro atoms. The van der Waals surface area contributed by atoms with Crippen molar-refractivity contribution in [2.75, 3.05) is 7.11 Å². The standard InChI is InChI=1S/C3H9OSi.Rf/c1-4-5(2)3;/h1-3H3;. The number of rotatable bonds is 1. The summed E-state index contributed by atoms with van der Waals surface area (Å²) >= 11 is 0. The van der Waals surface area contributed by atoms with Gasteiger partial charge in [0, 0.05) is 7.11 Å². The number of hydrogen-bond acceptors (Lipinski definition) is 1. The summed E-state index contributed by atoms with van der Waals surface area (Å²) in [4.78, 5) is 0. The van der Waals surface area contributed by atoms with Gasteiger partial charge in [0.15, 0.2) is 0 Å². The minimum absolute atomic E-state index is 0. The van der Waals surface area contributed by atoms with E-state index in [1.54, 1.807) is 7.11 Å². The van der Waals surface area contributed by atoms with Gasteiger partial charge in [0.05, 0.1) is 0 Å². The summed E-state index contributed by atoms with van der Waals surface area (Å²) in [7, 11) is 1.37. The van der Waals surface area contributed by atoms with Crippen molar-refractivity contribution in [2.45, 2.75) is 13.1 Å². The van der Waals surface area contributed by atoms with Gasteiger partial charge in [0.25, 0.3) is 0 Å². The molecule has 3 heteroatoms. The van der Waals surface area contributed by atoms with Gasteiger partial charge >= 0.3 is 0 Å². The van der Waals surface area contributed by atoms with Crippen molar-refractivity contribution in [1.29, 1.82) is 0 Å². The van der Waals surface area contributed by atoms with E-state index in [4.69, 9.17) is 4.43 Å². The Bertz CT molecular complexity index is 24.8. The van der Waals surface area contributed by atoms with E-state index in [-0.39, 0.29) is 9.04 Å². The molecule has 0 aliphatic heterocycles. The van der Waals surface area contributed by atoms with Crippen LogP contribution in [0.15, 0.2) is 0 Å². The largest absolute Gasteiger partial charge is 0.420 e. The van der Waals surface area contributed by atoms with Crippen molar-refractivity contribution in [3.63, 3.8) is 0 Å². The molecular weight excluding hydrogens is 347 g/mol. The van der Waals surface area contributed by atoms with Gasteiger partial charge in [-0.05, 0) is 13.1 Å². The Morgan fingerprint density at radius 3 is 1.50 bits per heavy atom. The quantitative estimate of drug-likeness (QED) is 0.634. The summed E-state index contributed by atoms with van der Waals surface area (Å²) in [6.45, 7) is 4.20. The van der Waals surface area contributed by atoms with Crippen molar-refractivity contribution in [3.05, 3.63) is 0 Å². The van der Waals surface area contributed by atoms with Crippen LogP contribution in [0.1, 0.15) is 0 Å². The van der Waals surface area contributed by atoms with Gasteiger partial charge in [0.2, 0.25) is 9.04 Å². The predicted molar refractivity (Wildman–Crippen MR) is 24.5 cm³/mol. The zero-order valence-corrected chi connectivity index (χ0v) is 12.0. The van der Waals surface area contributed by atoms with Crippen LogP contribution in [0.5, 0.6) is 0 Å². The van der Waals surface area contributed by atoms with Crippen LogP contribution in [0.3, 0.4) is 0 Å². The summed E-state index contributed by atoms with van der Waals surface area (Å²) in [5.74, 6) is 0. The minimum Gasteiger partial charge on any atom is -0.420 e. The number of hydrogen-bond donors (Lipinski definition) is 0. The molecule has 0 aromatic carbocycles. The molecule has 0 rings (SSSR count). The van der Waals surface area contributed by atoms with Crippen LogP contribution in [0, 0.1) is 0 Å². The molecule has 0 N–H and O–H groups in total. The average Bonchev–Trinajstić information content (AvgIpc) is 1.38. The van der Waals surface area contributed by atoms with Crippen molar-refractivity contribution in [2.24, 2.45) is 0 Å². The summed E-state index contributed by atoms with van der Waals surface area (Å²) in [5, 5.41) is 0. The third-order valence-corrected chi connectivity index (χ3v) is 1.22. The normalized spacial score (nSPS) is 8.00.